The third-order valence-electron chi connectivity index (χ3n) is 1.87. The van der Waals surface area contributed by atoms with Crippen LogP contribution >= 0.6 is 12.6 Å². The van der Waals surface area contributed by atoms with Gasteiger partial charge in [-0.15, -0.1) is 0 Å². The number of hydrogen-bond acceptors (Lipinski definition) is 3. The van der Waals surface area contributed by atoms with E-state index in [4.69, 9.17) is 8.85 Å². The van der Waals surface area contributed by atoms with E-state index in [1.54, 1.807) is 14.2 Å². The average molecular weight is 208 g/mol. The monoisotopic (exact) mass is 208 g/mol. The number of rotatable bonds is 8. The van der Waals surface area contributed by atoms with Gasteiger partial charge in [-0.05, 0) is 18.2 Å². The highest BCUT2D eigenvalue weighted by Gasteiger charge is 2.07. The van der Waals surface area contributed by atoms with Crippen LogP contribution in [-0.2, 0) is 8.85 Å². The number of thiol groups is 1. The summed E-state index contributed by atoms with van der Waals surface area (Å²) >= 11 is 4.16. The van der Waals surface area contributed by atoms with Gasteiger partial charge in [0.1, 0.15) is 0 Å². The van der Waals surface area contributed by atoms with Crippen LogP contribution < -0.4 is 0 Å². The standard InChI is InChI=1S/C8H20O2SSi/c1-9-12(10-2)8-6-4-3-5-7-11/h11-12H,3-8H2,1-2H3. The van der Waals surface area contributed by atoms with E-state index in [1.807, 2.05) is 0 Å². The Bertz CT molecular complexity index is 89.1. The van der Waals surface area contributed by atoms with Gasteiger partial charge in [0.15, 0.2) is 0 Å². The van der Waals surface area contributed by atoms with Crippen LogP contribution in [-0.4, -0.2) is 29.3 Å². The molecule has 0 spiro atoms. The molecular formula is C8H20O2SSi. The van der Waals surface area contributed by atoms with E-state index in [0.717, 1.165) is 11.8 Å². The van der Waals surface area contributed by atoms with Gasteiger partial charge in [0.05, 0.1) is 0 Å². The molecule has 0 unspecified atom stereocenters. The summed E-state index contributed by atoms with van der Waals surface area (Å²) < 4.78 is 10.4. The summed E-state index contributed by atoms with van der Waals surface area (Å²) in [4.78, 5) is 0. The summed E-state index contributed by atoms with van der Waals surface area (Å²) in [6, 6.07) is 1.14. The molecule has 0 amide bonds. The van der Waals surface area contributed by atoms with Crippen molar-refractivity contribution in [2.24, 2.45) is 0 Å². The molecule has 0 aromatic heterocycles. The van der Waals surface area contributed by atoms with Crippen molar-refractivity contribution in [3.63, 3.8) is 0 Å². The van der Waals surface area contributed by atoms with Gasteiger partial charge >= 0.3 is 9.28 Å². The minimum atomic E-state index is -1.26. The Labute approximate surface area is 82.9 Å². The van der Waals surface area contributed by atoms with E-state index in [1.165, 1.54) is 25.7 Å². The first kappa shape index (κ1) is 12.5. The predicted octanol–water partition coefficient (Wildman–Crippen LogP) is 1.99. The molecular weight excluding hydrogens is 188 g/mol. The van der Waals surface area contributed by atoms with Crippen LogP contribution in [0.5, 0.6) is 0 Å². The number of hydrogen-bond donors (Lipinski definition) is 1. The average Bonchev–Trinajstić information content (AvgIpc) is 2.11. The zero-order valence-corrected chi connectivity index (χ0v) is 10.1. The molecule has 0 saturated heterocycles. The second kappa shape index (κ2) is 9.57. The van der Waals surface area contributed by atoms with Crippen molar-refractivity contribution in [2.75, 3.05) is 20.0 Å². The third kappa shape index (κ3) is 7.15. The van der Waals surface area contributed by atoms with Gasteiger partial charge in [-0.1, -0.05) is 19.3 Å². The van der Waals surface area contributed by atoms with Crippen molar-refractivity contribution in [3.8, 4) is 0 Å². The molecule has 0 aliphatic heterocycles. The topological polar surface area (TPSA) is 18.5 Å². The maximum atomic E-state index is 5.21. The molecule has 4 heteroatoms. The summed E-state index contributed by atoms with van der Waals surface area (Å²) in [5.41, 5.74) is 0. The molecule has 0 radical (unpaired) electrons. The molecule has 0 aliphatic carbocycles. The third-order valence-corrected chi connectivity index (χ3v) is 4.12. The smallest absolute Gasteiger partial charge is 0.320 e. The van der Waals surface area contributed by atoms with Crippen molar-refractivity contribution in [1.29, 1.82) is 0 Å². The Kier molecular flexibility index (Phi) is 9.96. The molecule has 0 N–H and O–H groups in total. The Morgan fingerprint density at radius 3 is 2.08 bits per heavy atom. The highest BCUT2D eigenvalue weighted by atomic mass is 32.1. The van der Waals surface area contributed by atoms with Crippen LogP contribution in [0.1, 0.15) is 25.7 Å². The Morgan fingerprint density at radius 2 is 1.58 bits per heavy atom. The lowest BCUT2D eigenvalue weighted by Crippen LogP contribution is -2.18. The van der Waals surface area contributed by atoms with Gasteiger partial charge in [0, 0.05) is 14.2 Å². The van der Waals surface area contributed by atoms with Gasteiger partial charge in [-0.3, -0.25) is 0 Å². The zero-order valence-electron chi connectivity index (χ0n) is 8.08. The summed E-state index contributed by atoms with van der Waals surface area (Å²) in [5, 5.41) is 0. The molecule has 12 heavy (non-hydrogen) atoms. The molecule has 2 nitrogen and oxygen atoms in total. The second-order valence-electron chi connectivity index (χ2n) is 2.83. The SMILES string of the molecule is CO[SiH](CCCCCCS)OC. The van der Waals surface area contributed by atoms with Crippen molar-refractivity contribution < 1.29 is 8.85 Å². The lowest BCUT2D eigenvalue weighted by Gasteiger charge is -2.09. The summed E-state index contributed by atoms with van der Waals surface area (Å²) in [6.45, 7) is 0. The second-order valence-corrected chi connectivity index (χ2v) is 5.65. The van der Waals surface area contributed by atoms with Crippen molar-refractivity contribution in [1.82, 2.24) is 0 Å². The molecule has 0 fully saturated rings. The van der Waals surface area contributed by atoms with Crippen LogP contribution in [0.2, 0.25) is 6.04 Å². The maximum absolute atomic E-state index is 5.21. The van der Waals surface area contributed by atoms with E-state index >= 15 is 0 Å². The first-order chi connectivity index (χ1) is 5.85. The first-order valence-corrected chi connectivity index (χ1v) is 6.90. The van der Waals surface area contributed by atoms with Crippen LogP contribution in [0.25, 0.3) is 0 Å². The molecule has 0 atom stereocenters. The van der Waals surface area contributed by atoms with E-state index in [0.29, 0.717) is 0 Å². The molecule has 0 aliphatic rings. The Morgan fingerprint density at radius 1 is 1.00 bits per heavy atom. The zero-order chi connectivity index (χ0) is 9.23. The fourth-order valence-electron chi connectivity index (χ4n) is 1.11. The molecule has 0 rings (SSSR count). The molecule has 0 aromatic carbocycles. The van der Waals surface area contributed by atoms with Gasteiger partial charge in [-0.25, -0.2) is 0 Å². The van der Waals surface area contributed by atoms with Gasteiger partial charge in [0.25, 0.3) is 0 Å². The molecule has 0 aromatic rings. The summed E-state index contributed by atoms with van der Waals surface area (Å²) in [6.07, 6.45) is 5.05. The van der Waals surface area contributed by atoms with Crippen LogP contribution in [0.15, 0.2) is 0 Å². The quantitative estimate of drug-likeness (QED) is 0.374. The normalized spacial score (nSPS) is 11.0. The van der Waals surface area contributed by atoms with Crippen LogP contribution in [0.3, 0.4) is 0 Å². The van der Waals surface area contributed by atoms with Gasteiger partial charge < -0.3 is 8.85 Å². The van der Waals surface area contributed by atoms with Gasteiger partial charge in [0.2, 0.25) is 0 Å². The van der Waals surface area contributed by atoms with Crippen molar-refractivity contribution in [3.05, 3.63) is 0 Å². The summed E-state index contributed by atoms with van der Waals surface area (Å²) in [7, 11) is 2.23. The van der Waals surface area contributed by atoms with E-state index in [2.05, 4.69) is 12.6 Å². The Hall–Kier alpha value is 0.487. The van der Waals surface area contributed by atoms with E-state index in [-0.39, 0.29) is 0 Å². The van der Waals surface area contributed by atoms with Gasteiger partial charge in [-0.2, -0.15) is 12.6 Å². The molecule has 74 valence electrons. The van der Waals surface area contributed by atoms with Crippen LogP contribution in [0.4, 0.5) is 0 Å². The molecule has 0 saturated carbocycles. The highest BCUT2D eigenvalue weighted by molar-refractivity contribution is 7.80. The summed E-state index contributed by atoms with van der Waals surface area (Å²) in [5.74, 6) is 1.01. The fourth-order valence-corrected chi connectivity index (χ4v) is 2.62. The van der Waals surface area contributed by atoms with E-state index in [9.17, 15) is 0 Å². The predicted molar refractivity (Wildman–Crippen MR) is 58.3 cm³/mol. The van der Waals surface area contributed by atoms with E-state index < -0.39 is 9.28 Å². The molecule has 0 heterocycles. The largest absolute Gasteiger partial charge is 0.400 e. The maximum Gasteiger partial charge on any atom is 0.320 e. The lowest BCUT2D eigenvalue weighted by atomic mass is 10.2. The first-order valence-electron chi connectivity index (χ1n) is 4.51. The minimum absolute atomic E-state index is 1.01. The Balaban J connectivity index is 3.06. The fraction of sp³-hybridized carbons (Fsp3) is 1.00. The van der Waals surface area contributed by atoms with Crippen molar-refractivity contribution in [2.45, 2.75) is 31.7 Å². The lowest BCUT2D eigenvalue weighted by molar-refractivity contribution is 0.276. The minimum Gasteiger partial charge on any atom is -0.400 e. The highest BCUT2D eigenvalue weighted by Crippen LogP contribution is 2.07. The number of unbranched alkanes of at least 4 members (excludes halogenated alkanes) is 3. The van der Waals surface area contributed by atoms with Crippen molar-refractivity contribution >= 4 is 21.9 Å². The van der Waals surface area contributed by atoms with Crippen LogP contribution in [0, 0.1) is 0 Å². The molecule has 0 bridgehead atoms.